The van der Waals surface area contributed by atoms with Gasteiger partial charge in [-0.05, 0) is 32.9 Å². The molecule has 0 spiro atoms. The maximum atomic E-state index is 13.4. The molecule has 2 aromatic rings. The van der Waals surface area contributed by atoms with Crippen molar-refractivity contribution in [2.75, 3.05) is 6.61 Å². The molecule has 1 aromatic carbocycles. The Labute approximate surface area is 138 Å². The second kappa shape index (κ2) is 7.92. The van der Waals surface area contributed by atoms with Crippen molar-refractivity contribution in [1.29, 1.82) is 0 Å². The van der Waals surface area contributed by atoms with E-state index in [0.29, 0.717) is 0 Å². The Kier molecular flexibility index (Phi) is 5.92. The summed E-state index contributed by atoms with van der Waals surface area (Å²) in [6, 6.07) is 5.41. The number of rotatable bonds is 6. The monoisotopic (exact) mass is 337 g/mol. The predicted octanol–water partition coefficient (Wildman–Crippen LogP) is 3.42. The molecule has 0 saturated heterocycles. The molecule has 2 N–H and O–H groups in total. The highest BCUT2D eigenvalue weighted by Crippen LogP contribution is 2.16. The zero-order valence-corrected chi connectivity index (χ0v) is 14.1. The van der Waals surface area contributed by atoms with Gasteiger partial charge in [0.2, 0.25) is 0 Å². The number of carbonyl (C=O) groups is 1. The van der Waals surface area contributed by atoms with Crippen LogP contribution in [0.4, 0.5) is 9.18 Å². The summed E-state index contributed by atoms with van der Waals surface area (Å²) in [5.74, 6) is -0.246. The predicted molar refractivity (Wildman–Crippen MR) is 88.3 cm³/mol. The van der Waals surface area contributed by atoms with Crippen molar-refractivity contribution in [3.05, 3.63) is 46.2 Å². The van der Waals surface area contributed by atoms with Gasteiger partial charge in [0.05, 0.1) is 22.8 Å². The summed E-state index contributed by atoms with van der Waals surface area (Å²) < 4.78 is 18.8. The second-order valence-electron chi connectivity index (χ2n) is 5.27. The molecule has 0 aliphatic carbocycles. The number of nitrogens with one attached hydrogen (secondary N) is 2. The molecule has 5 nitrogen and oxygen atoms in total. The first-order valence-electron chi connectivity index (χ1n) is 7.32. The van der Waals surface area contributed by atoms with Gasteiger partial charge in [-0.3, -0.25) is 0 Å². The van der Waals surface area contributed by atoms with Crippen molar-refractivity contribution in [3.63, 3.8) is 0 Å². The number of aromatic nitrogens is 1. The van der Waals surface area contributed by atoms with Crippen LogP contribution in [0.3, 0.4) is 0 Å². The number of nitrogens with zero attached hydrogens (tertiary/aromatic N) is 1. The number of urea groups is 1. The van der Waals surface area contributed by atoms with Gasteiger partial charge in [0.25, 0.3) is 0 Å². The molecule has 2 rings (SSSR count). The lowest BCUT2D eigenvalue weighted by Crippen LogP contribution is -2.44. The smallest absolute Gasteiger partial charge is 0.315 e. The van der Waals surface area contributed by atoms with E-state index in [-0.39, 0.29) is 30.5 Å². The van der Waals surface area contributed by atoms with E-state index in [1.165, 1.54) is 6.07 Å². The number of aryl methyl sites for hydroxylation is 1. The first kappa shape index (κ1) is 17.2. The summed E-state index contributed by atoms with van der Waals surface area (Å²) in [6.07, 6.45) is 0. The molecule has 124 valence electrons. The normalized spacial score (nSPS) is 13.2. The van der Waals surface area contributed by atoms with Crippen LogP contribution in [0, 0.1) is 12.7 Å². The molecule has 0 aliphatic heterocycles. The van der Waals surface area contributed by atoms with Crippen molar-refractivity contribution in [3.8, 4) is 5.75 Å². The largest absolute Gasteiger partial charge is 0.488 e. The highest BCUT2D eigenvalue weighted by molar-refractivity contribution is 7.09. The fraction of sp³-hybridized carbons (Fsp3) is 0.375. The fourth-order valence-electron chi connectivity index (χ4n) is 1.93. The van der Waals surface area contributed by atoms with E-state index in [4.69, 9.17) is 4.74 Å². The zero-order valence-electron chi connectivity index (χ0n) is 13.3. The third-order valence-corrected chi connectivity index (χ3v) is 3.92. The number of ether oxygens (including phenoxy) is 1. The zero-order chi connectivity index (χ0) is 16.8. The number of hydrogen-bond acceptors (Lipinski definition) is 4. The van der Waals surface area contributed by atoms with E-state index in [9.17, 15) is 9.18 Å². The number of carbonyl (C=O) groups excluding carboxylic acids is 1. The summed E-state index contributed by atoms with van der Waals surface area (Å²) in [5, 5.41) is 8.45. The van der Waals surface area contributed by atoms with E-state index >= 15 is 0 Å². The van der Waals surface area contributed by atoms with Crippen LogP contribution in [0.25, 0.3) is 0 Å². The van der Waals surface area contributed by atoms with Crippen molar-refractivity contribution >= 4 is 17.4 Å². The van der Waals surface area contributed by atoms with E-state index in [0.717, 1.165) is 10.7 Å². The molecule has 2 atom stereocenters. The molecule has 0 bridgehead atoms. The van der Waals surface area contributed by atoms with E-state index in [1.54, 1.807) is 36.5 Å². The Bertz CT molecular complexity index is 662. The quantitative estimate of drug-likeness (QED) is 0.849. The average Bonchev–Trinajstić information content (AvgIpc) is 2.93. The molecule has 0 fully saturated rings. The summed E-state index contributed by atoms with van der Waals surface area (Å²) in [4.78, 5) is 16.3. The van der Waals surface area contributed by atoms with Gasteiger partial charge in [-0.15, -0.1) is 11.3 Å². The summed E-state index contributed by atoms with van der Waals surface area (Å²) >= 11 is 1.54. The molecule has 7 heteroatoms. The Morgan fingerprint density at radius 2 is 2.09 bits per heavy atom. The Hall–Kier alpha value is -2.15. The van der Waals surface area contributed by atoms with Gasteiger partial charge in [-0.2, -0.15) is 0 Å². The van der Waals surface area contributed by atoms with Crippen molar-refractivity contribution in [2.45, 2.75) is 32.9 Å². The van der Waals surface area contributed by atoms with Crippen molar-refractivity contribution < 1.29 is 13.9 Å². The van der Waals surface area contributed by atoms with E-state index < -0.39 is 5.82 Å². The van der Waals surface area contributed by atoms with Gasteiger partial charge in [-0.25, -0.2) is 14.2 Å². The molecular formula is C16H20FN3O2S. The van der Waals surface area contributed by atoms with Gasteiger partial charge in [0, 0.05) is 5.38 Å². The topological polar surface area (TPSA) is 63.2 Å². The molecule has 2 amide bonds. The van der Waals surface area contributed by atoms with E-state index in [2.05, 4.69) is 15.6 Å². The van der Waals surface area contributed by atoms with Crippen LogP contribution in [0.1, 0.15) is 30.6 Å². The minimum Gasteiger partial charge on any atom is -0.488 e. The number of hydrogen-bond donors (Lipinski definition) is 2. The Morgan fingerprint density at radius 3 is 2.74 bits per heavy atom. The Balaban J connectivity index is 1.77. The standard InChI is InChI=1S/C16H20FN3O2S/c1-10(8-22-15-7-5-4-6-13(15)17)18-16(21)19-11(2)14-9-23-12(3)20-14/h4-7,9-11H,8H2,1-3H3,(H2,18,19,21)/t10-,11+/m1/s1. The van der Waals surface area contributed by atoms with Gasteiger partial charge in [-0.1, -0.05) is 12.1 Å². The summed E-state index contributed by atoms with van der Waals surface area (Å²) in [7, 11) is 0. The number of para-hydroxylation sites is 1. The maximum absolute atomic E-state index is 13.4. The number of thiazole rings is 1. The molecule has 1 heterocycles. The molecular weight excluding hydrogens is 317 g/mol. The minimum atomic E-state index is -0.420. The van der Waals surface area contributed by atoms with Crippen LogP contribution in [0.15, 0.2) is 29.6 Å². The number of amides is 2. The first-order chi connectivity index (χ1) is 11.0. The first-order valence-corrected chi connectivity index (χ1v) is 8.20. The van der Waals surface area contributed by atoms with Gasteiger partial charge < -0.3 is 15.4 Å². The minimum absolute atomic E-state index is 0.174. The average molecular weight is 337 g/mol. The molecule has 0 radical (unpaired) electrons. The number of benzene rings is 1. The van der Waals surface area contributed by atoms with Gasteiger partial charge in [0.15, 0.2) is 11.6 Å². The highest BCUT2D eigenvalue weighted by atomic mass is 32.1. The van der Waals surface area contributed by atoms with E-state index in [1.807, 2.05) is 19.2 Å². The Morgan fingerprint density at radius 1 is 1.35 bits per heavy atom. The van der Waals surface area contributed by atoms with Gasteiger partial charge in [0.1, 0.15) is 6.61 Å². The van der Waals surface area contributed by atoms with Crippen LogP contribution in [-0.2, 0) is 0 Å². The third-order valence-electron chi connectivity index (χ3n) is 3.13. The summed E-state index contributed by atoms with van der Waals surface area (Å²) in [6.45, 7) is 5.76. The maximum Gasteiger partial charge on any atom is 0.315 e. The van der Waals surface area contributed by atoms with Gasteiger partial charge >= 0.3 is 6.03 Å². The molecule has 23 heavy (non-hydrogen) atoms. The second-order valence-corrected chi connectivity index (χ2v) is 6.34. The lowest BCUT2D eigenvalue weighted by molar-refractivity contribution is 0.222. The van der Waals surface area contributed by atoms with Crippen LogP contribution in [-0.4, -0.2) is 23.7 Å². The molecule has 1 aromatic heterocycles. The summed E-state index contributed by atoms with van der Waals surface area (Å²) in [5.41, 5.74) is 0.831. The lowest BCUT2D eigenvalue weighted by atomic mass is 10.2. The van der Waals surface area contributed by atoms with Crippen molar-refractivity contribution in [1.82, 2.24) is 15.6 Å². The molecule has 0 aliphatic rings. The van der Waals surface area contributed by atoms with Crippen LogP contribution < -0.4 is 15.4 Å². The SMILES string of the molecule is Cc1nc([C@H](C)NC(=O)N[C@H](C)COc2ccccc2F)cs1. The van der Waals surface area contributed by atoms with Crippen LogP contribution in [0.5, 0.6) is 5.75 Å². The van der Waals surface area contributed by atoms with Crippen molar-refractivity contribution in [2.24, 2.45) is 0 Å². The third kappa shape index (κ3) is 5.21. The number of halogens is 1. The van der Waals surface area contributed by atoms with Crippen LogP contribution in [0.2, 0.25) is 0 Å². The molecule has 0 unspecified atom stereocenters. The lowest BCUT2D eigenvalue weighted by Gasteiger charge is -2.18. The highest BCUT2D eigenvalue weighted by Gasteiger charge is 2.14. The van der Waals surface area contributed by atoms with Crippen LogP contribution >= 0.6 is 11.3 Å². The molecule has 0 saturated carbocycles. The fourth-order valence-corrected chi connectivity index (χ4v) is 2.64.